The molecule has 1 amide bonds. The van der Waals surface area contributed by atoms with Gasteiger partial charge in [-0.1, -0.05) is 0 Å². The van der Waals surface area contributed by atoms with Crippen LogP contribution in [0.25, 0.3) is 0 Å². The van der Waals surface area contributed by atoms with E-state index in [1.807, 2.05) is 0 Å². The Morgan fingerprint density at radius 2 is 1.34 bits per heavy atom. The highest BCUT2D eigenvalue weighted by Gasteiger charge is 2.25. The van der Waals surface area contributed by atoms with Crippen molar-refractivity contribution in [3.8, 4) is 0 Å². The van der Waals surface area contributed by atoms with Crippen LogP contribution in [-0.4, -0.2) is 55.8 Å². The standard InChI is InChI=1S/C16H17FN2O7S3/c1-19(2)29(25,26)13-8-9-15(17)14(10-13)16(20)18-28(23,24)12-6-4-11(5-7-12)27(3,21)22/h4-10H,1-3H3,(H,18,20). The predicted molar refractivity (Wildman–Crippen MR) is 101 cm³/mol. The first kappa shape index (κ1) is 22.9. The van der Waals surface area contributed by atoms with Crippen molar-refractivity contribution in [2.24, 2.45) is 0 Å². The largest absolute Gasteiger partial charge is 0.268 e. The molecule has 158 valence electrons. The molecule has 0 heterocycles. The van der Waals surface area contributed by atoms with Crippen molar-refractivity contribution in [3.63, 3.8) is 0 Å². The third kappa shape index (κ3) is 4.98. The monoisotopic (exact) mass is 464 g/mol. The highest BCUT2D eigenvalue weighted by atomic mass is 32.2. The van der Waals surface area contributed by atoms with Gasteiger partial charge in [-0.3, -0.25) is 4.79 Å². The van der Waals surface area contributed by atoms with Gasteiger partial charge in [0.2, 0.25) is 10.0 Å². The first-order valence-corrected chi connectivity index (χ1v) is 12.6. The second-order valence-corrected chi connectivity index (χ2v) is 12.0. The van der Waals surface area contributed by atoms with Gasteiger partial charge in [0.25, 0.3) is 15.9 Å². The molecule has 1 N–H and O–H groups in total. The van der Waals surface area contributed by atoms with Crippen molar-refractivity contribution in [1.29, 1.82) is 0 Å². The Balaban J connectivity index is 2.39. The van der Waals surface area contributed by atoms with Crippen LogP contribution in [0.5, 0.6) is 0 Å². The van der Waals surface area contributed by atoms with E-state index in [0.29, 0.717) is 0 Å². The fourth-order valence-electron chi connectivity index (χ4n) is 2.15. The fraction of sp³-hybridized carbons (Fsp3) is 0.188. The van der Waals surface area contributed by atoms with Crippen molar-refractivity contribution in [3.05, 3.63) is 53.8 Å². The van der Waals surface area contributed by atoms with Crippen LogP contribution in [0.1, 0.15) is 10.4 Å². The minimum atomic E-state index is -4.47. The molecule has 0 aliphatic heterocycles. The van der Waals surface area contributed by atoms with Crippen LogP contribution in [-0.2, 0) is 29.9 Å². The molecule has 0 fully saturated rings. The topological polar surface area (TPSA) is 135 Å². The zero-order chi connectivity index (χ0) is 22.2. The second kappa shape index (κ2) is 7.82. The maximum absolute atomic E-state index is 14.0. The van der Waals surface area contributed by atoms with E-state index >= 15 is 0 Å². The molecule has 0 atom stereocenters. The van der Waals surface area contributed by atoms with Gasteiger partial charge in [0, 0.05) is 20.4 Å². The van der Waals surface area contributed by atoms with Crippen LogP contribution >= 0.6 is 0 Å². The molecule has 0 saturated heterocycles. The molecule has 0 saturated carbocycles. The van der Waals surface area contributed by atoms with E-state index in [-0.39, 0.29) is 4.90 Å². The minimum Gasteiger partial charge on any atom is -0.268 e. The maximum atomic E-state index is 14.0. The quantitative estimate of drug-likeness (QED) is 0.661. The number of sulfone groups is 1. The van der Waals surface area contributed by atoms with Crippen LogP contribution in [0.2, 0.25) is 0 Å². The smallest absolute Gasteiger partial charge is 0.268 e. The van der Waals surface area contributed by atoms with Crippen LogP contribution in [0.15, 0.2) is 57.2 Å². The van der Waals surface area contributed by atoms with Gasteiger partial charge in [0.1, 0.15) is 5.82 Å². The van der Waals surface area contributed by atoms with Gasteiger partial charge in [0.05, 0.1) is 20.2 Å². The average Bonchev–Trinajstić information content (AvgIpc) is 2.60. The van der Waals surface area contributed by atoms with E-state index < -0.39 is 57.0 Å². The van der Waals surface area contributed by atoms with E-state index in [9.17, 15) is 34.4 Å². The third-order valence-corrected chi connectivity index (χ3v) is 8.04. The first-order valence-electron chi connectivity index (χ1n) is 7.75. The van der Waals surface area contributed by atoms with E-state index in [0.717, 1.165) is 53.0 Å². The molecular weight excluding hydrogens is 447 g/mol. The lowest BCUT2D eigenvalue weighted by atomic mass is 10.2. The summed E-state index contributed by atoms with van der Waals surface area (Å²) in [7, 11) is -9.53. The first-order chi connectivity index (χ1) is 13.2. The summed E-state index contributed by atoms with van der Waals surface area (Å²) in [6, 6.07) is 6.42. The molecule has 2 rings (SSSR count). The number of halogens is 1. The summed E-state index contributed by atoms with van der Waals surface area (Å²) in [5, 5.41) is 0. The van der Waals surface area contributed by atoms with Crippen molar-refractivity contribution in [2.45, 2.75) is 14.7 Å². The normalized spacial score (nSPS) is 12.7. The highest BCUT2D eigenvalue weighted by Crippen LogP contribution is 2.19. The highest BCUT2D eigenvalue weighted by molar-refractivity contribution is 7.91. The third-order valence-electron chi connectivity index (χ3n) is 3.75. The molecule has 13 heteroatoms. The zero-order valence-corrected chi connectivity index (χ0v) is 17.9. The number of rotatable bonds is 6. The summed E-state index contributed by atoms with van der Waals surface area (Å²) in [5.41, 5.74) is -0.788. The lowest BCUT2D eigenvalue weighted by Gasteiger charge is -2.13. The van der Waals surface area contributed by atoms with Gasteiger partial charge >= 0.3 is 0 Å². The number of nitrogens with zero attached hydrogens (tertiary/aromatic N) is 1. The van der Waals surface area contributed by atoms with Crippen LogP contribution in [0, 0.1) is 5.82 Å². The molecule has 0 aliphatic carbocycles. The van der Waals surface area contributed by atoms with Crippen LogP contribution < -0.4 is 4.72 Å². The molecule has 2 aromatic rings. The lowest BCUT2D eigenvalue weighted by Crippen LogP contribution is -2.31. The van der Waals surface area contributed by atoms with Gasteiger partial charge < -0.3 is 0 Å². The fourth-order valence-corrected chi connectivity index (χ4v) is 4.68. The molecule has 0 bridgehead atoms. The van der Waals surface area contributed by atoms with Gasteiger partial charge in [-0.25, -0.2) is 38.7 Å². The molecule has 9 nitrogen and oxygen atoms in total. The SMILES string of the molecule is CN(C)S(=O)(=O)c1ccc(F)c(C(=O)NS(=O)(=O)c2ccc(S(C)(=O)=O)cc2)c1. The molecule has 0 aromatic heterocycles. The number of sulfonamides is 2. The van der Waals surface area contributed by atoms with Crippen molar-refractivity contribution < 1.29 is 34.4 Å². The van der Waals surface area contributed by atoms with E-state index in [1.165, 1.54) is 14.1 Å². The lowest BCUT2D eigenvalue weighted by molar-refractivity contribution is 0.0977. The van der Waals surface area contributed by atoms with Crippen molar-refractivity contribution >= 4 is 35.8 Å². The summed E-state index contributed by atoms with van der Waals surface area (Å²) in [4.78, 5) is 11.3. The molecule has 2 aromatic carbocycles. The minimum absolute atomic E-state index is 0.129. The molecular formula is C16H17FN2O7S3. The van der Waals surface area contributed by atoms with Gasteiger partial charge in [-0.2, -0.15) is 0 Å². The van der Waals surface area contributed by atoms with E-state index in [4.69, 9.17) is 0 Å². The zero-order valence-electron chi connectivity index (χ0n) is 15.4. The second-order valence-electron chi connectivity index (χ2n) is 6.11. The predicted octanol–water partition coefficient (Wildman–Crippen LogP) is 0.598. The molecule has 0 spiro atoms. The molecule has 0 unspecified atom stereocenters. The summed E-state index contributed by atoms with van der Waals surface area (Å²) in [6.07, 6.45) is 0.940. The Hall–Kier alpha value is -2.35. The molecule has 29 heavy (non-hydrogen) atoms. The number of amides is 1. The number of hydrogen-bond donors (Lipinski definition) is 1. The maximum Gasteiger partial charge on any atom is 0.268 e. The Bertz CT molecular complexity index is 1270. The van der Waals surface area contributed by atoms with Crippen LogP contribution in [0.4, 0.5) is 4.39 Å². The number of hydrogen-bond acceptors (Lipinski definition) is 7. The molecule has 0 aliphatic rings. The van der Waals surface area contributed by atoms with E-state index in [1.54, 1.807) is 4.72 Å². The number of nitrogens with one attached hydrogen (secondary N) is 1. The Morgan fingerprint density at radius 1 is 0.862 bits per heavy atom. The summed E-state index contributed by atoms with van der Waals surface area (Å²) < 4.78 is 88.4. The summed E-state index contributed by atoms with van der Waals surface area (Å²) in [6.45, 7) is 0. The number of carbonyl (C=O) groups excluding carboxylic acids is 1. The Morgan fingerprint density at radius 3 is 1.83 bits per heavy atom. The number of benzene rings is 2. The average molecular weight is 465 g/mol. The van der Waals surface area contributed by atoms with Gasteiger partial charge in [0.15, 0.2) is 9.84 Å². The van der Waals surface area contributed by atoms with E-state index in [2.05, 4.69) is 0 Å². The van der Waals surface area contributed by atoms with Crippen LogP contribution in [0.3, 0.4) is 0 Å². The van der Waals surface area contributed by atoms with Gasteiger partial charge in [-0.05, 0) is 42.5 Å². The van der Waals surface area contributed by atoms with Crippen molar-refractivity contribution in [1.82, 2.24) is 9.03 Å². The summed E-state index contributed by atoms with van der Waals surface area (Å²) >= 11 is 0. The summed E-state index contributed by atoms with van der Waals surface area (Å²) in [5.74, 6) is -2.51. The Kier molecular flexibility index (Phi) is 6.18. The van der Waals surface area contributed by atoms with Crippen molar-refractivity contribution in [2.75, 3.05) is 20.4 Å². The Labute approximate surface area is 168 Å². The number of carbonyl (C=O) groups is 1. The molecule has 0 radical (unpaired) electrons. The van der Waals surface area contributed by atoms with Gasteiger partial charge in [-0.15, -0.1) is 0 Å².